The minimum Gasteiger partial charge on any atom is -0.457 e. The molecule has 1 aromatic heterocycles. The van der Waals surface area contributed by atoms with Crippen molar-refractivity contribution >= 4 is 46.7 Å². The van der Waals surface area contributed by atoms with E-state index in [1.54, 1.807) is 50.0 Å². The van der Waals surface area contributed by atoms with Gasteiger partial charge in [0.1, 0.15) is 29.0 Å². The van der Waals surface area contributed by atoms with Crippen LogP contribution in [0.5, 0.6) is 11.5 Å². The van der Waals surface area contributed by atoms with Crippen molar-refractivity contribution in [3.63, 3.8) is 0 Å². The topological polar surface area (TPSA) is 129 Å². The van der Waals surface area contributed by atoms with Crippen LogP contribution in [-0.2, 0) is 52.2 Å². The van der Waals surface area contributed by atoms with E-state index in [2.05, 4.69) is 9.88 Å². The number of carbonyl (C=O) groups is 4. The third-order valence-corrected chi connectivity index (χ3v) is 13.5. The van der Waals surface area contributed by atoms with Crippen LogP contribution in [0.4, 0.5) is 8.78 Å². The first-order valence-corrected chi connectivity index (χ1v) is 23.3. The average molecular weight is 958 g/mol. The van der Waals surface area contributed by atoms with Gasteiger partial charge >= 0.3 is 0 Å². The van der Waals surface area contributed by atoms with Crippen molar-refractivity contribution < 1.29 is 37.8 Å². The van der Waals surface area contributed by atoms with E-state index in [9.17, 15) is 24.3 Å². The number of aliphatic hydroxyl groups is 1. The zero-order valence-electron chi connectivity index (χ0n) is 38.1. The molecule has 5 aromatic rings. The SMILES string of the molecule is C[C@H]1C(=O)C[C@@H](CO)C(=O)N(C)[C@H](Cc2ccc(Cl)cc2)CN(C)C(=O)[C@H](Cc2ccccc2)CC(=O)N1Cc1ccc(Cl)cc1Oc1cc(F)c(-c2cnc(CN3CCCC3)n2C)c(F)c1. The van der Waals surface area contributed by atoms with Crippen LogP contribution in [0.2, 0.25) is 10.0 Å². The Hall–Kier alpha value is -5.67. The molecule has 3 amide bonds. The number of nitrogens with zero attached hydrogens (tertiary/aromatic N) is 6. The summed E-state index contributed by atoms with van der Waals surface area (Å²) in [5, 5.41) is 11.3. The molecular weight excluding hydrogens is 901 g/mol. The Balaban J connectivity index is 1.20. The Bertz CT molecular complexity index is 2550. The number of ether oxygens (including phenoxy) is 1. The van der Waals surface area contributed by atoms with Crippen molar-refractivity contribution in [2.75, 3.05) is 40.3 Å². The average Bonchev–Trinajstić information content (AvgIpc) is 3.96. The lowest BCUT2D eigenvalue weighted by molar-refractivity contribution is -0.148. The number of ketones is 1. The van der Waals surface area contributed by atoms with Gasteiger partial charge in [-0.1, -0.05) is 71.7 Å². The molecule has 2 saturated heterocycles. The molecule has 0 spiro atoms. The van der Waals surface area contributed by atoms with Gasteiger partial charge in [-0.3, -0.25) is 24.1 Å². The molecule has 0 unspecified atom stereocenters. The van der Waals surface area contributed by atoms with Crippen LogP contribution in [-0.4, -0.2) is 110 Å². The third kappa shape index (κ3) is 11.9. The highest BCUT2D eigenvalue weighted by atomic mass is 35.5. The van der Waals surface area contributed by atoms with Crippen LogP contribution in [0.3, 0.4) is 0 Å². The van der Waals surface area contributed by atoms with Crippen molar-refractivity contribution in [3.05, 3.63) is 135 Å². The maximum atomic E-state index is 16.0. The molecule has 4 aromatic carbocycles. The monoisotopic (exact) mass is 956 g/mol. The number of carbonyl (C=O) groups excluding carboxylic acids is 4. The summed E-state index contributed by atoms with van der Waals surface area (Å²) >= 11 is 12.6. The molecule has 3 heterocycles. The van der Waals surface area contributed by atoms with Crippen LogP contribution in [0.15, 0.2) is 91.1 Å². The van der Waals surface area contributed by atoms with Crippen LogP contribution < -0.4 is 4.74 Å². The molecule has 354 valence electrons. The van der Waals surface area contributed by atoms with Crippen molar-refractivity contribution in [1.29, 1.82) is 0 Å². The summed E-state index contributed by atoms with van der Waals surface area (Å²) in [4.78, 5) is 68.9. The highest BCUT2D eigenvalue weighted by Crippen LogP contribution is 2.36. The Morgan fingerprint density at radius 1 is 0.776 bits per heavy atom. The number of Topliss-reactive ketones (excluding diaryl/α,β-unsaturated/α-hetero) is 1. The van der Waals surface area contributed by atoms with Gasteiger partial charge in [0.05, 0.1) is 61.1 Å². The molecule has 0 radical (unpaired) electrons. The van der Waals surface area contributed by atoms with Crippen LogP contribution in [0, 0.1) is 23.5 Å². The molecule has 1 N–H and O–H groups in total. The first-order chi connectivity index (χ1) is 32.1. The zero-order valence-corrected chi connectivity index (χ0v) is 39.7. The lowest BCUT2D eigenvalue weighted by Gasteiger charge is -2.36. The fraction of sp³-hybridized carbons (Fsp3) is 0.392. The summed E-state index contributed by atoms with van der Waals surface area (Å²) in [6.45, 7) is 3.17. The number of hydrogen-bond acceptors (Lipinski definition) is 8. The molecule has 4 atom stereocenters. The summed E-state index contributed by atoms with van der Waals surface area (Å²) in [5.41, 5.74) is 2.02. The second-order valence-corrected chi connectivity index (χ2v) is 18.6. The predicted molar refractivity (Wildman–Crippen MR) is 252 cm³/mol. The molecule has 67 heavy (non-hydrogen) atoms. The number of likely N-dealkylation sites (tertiary alicyclic amines) is 1. The van der Waals surface area contributed by atoms with E-state index in [-0.39, 0.29) is 66.0 Å². The number of aromatic nitrogens is 2. The molecule has 2 fully saturated rings. The van der Waals surface area contributed by atoms with Gasteiger partial charge in [-0.25, -0.2) is 13.8 Å². The summed E-state index contributed by atoms with van der Waals surface area (Å²) in [6, 6.07) is 21.4. The zero-order chi connectivity index (χ0) is 47.9. The summed E-state index contributed by atoms with van der Waals surface area (Å²) in [5.74, 6) is -5.11. The van der Waals surface area contributed by atoms with Gasteiger partial charge < -0.3 is 29.1 Å². The van der Waals surface area contributed by atoms with Gasteiger partial charge in [-0.2, -0.15) is 0 Å². The largest absolute Gasteiger partial charge is 0.457 e. The fourth-order valence-corrected chi connectivity index (χ4v) is 9.31. The molecule has 7 rings (SSSR count). The fourth-order valence-electron chi connectivity index (χ4n) is 9.02. The normalized spacial score (nSPS) is 20.5. The Labute approximate surface area is 400 Å². The summed E-state index contributed by atoms with van der Waals surface area (Å²) in [7, 11) is 4.96. The lowest BCUT2D eigenvalue weighted by Crippen LogP contribution is -2.52. The van der Waals surface area contributed by atoms with Crippen LogP contribution in [0.1, 0.15) is 55.1 Å². The maximum Gasteiger partial charge on any atom is 0.228 e. The quantitative estimate of drug-likeness (QED) is 0.133. The van der Waals surface area contributed by atoms with E-state index in [4.69, 9.17) is 27.9 Å². The van der Waals surface area contributed by atoms with E-state index >= 15 is 8.78 Å². The van der Waals surface area contributed by atoms with Gasteiger partial charge in [0.25, 0.3) is 0 Å². The van der Waals surface area contributed by atoms with Gasteiger partial charge in [-0.05, 0) is 81.1 Å². The number of hydrogen-bond donors (Lipinski definition) is 1. The van der Waals surface area contributed by atoms with Crippen molar-refractivity contribution in [2.24, 2.45) is 18.9 Å². The first kappa shape index (κ1) is 49.2. The number of imidazole rings is 1. The number of halogens is 4. The Morgan fingerprint density at radius 2 is 1.43 bits per heavy atom. The van der Waals surface area contributed by atoms with E-state index in [1.165, 1.54) is 33.9 Å². The summed E-state index contributed by atoms with van der Waals surface area (Å²) < 4.78 is 39.8. The second-order valence-electron chi connectivity index (χ2n) is 17.7. The number of likely N-dealkylation sites (N-methyl/N-ethyl adjacent to an activating group) is 2. The van der Waals surface area contributed by atoms with Crippen LogP contribution >= 0.6 is 23.2 Å². The first-order valence-electron chi connectivity index (χ1n) is 22.5. The molecule has 0 bridgehead atoms. The third-order valence-electron chi connectivity index (χ3n) is 13.0. The van der Waals surface area contributed by atoms with Gasteiger partial charge in [0.2, 0.25) is 17.7 Å². The lowest BCUT2D eigenvalue weighted by atomic mass is 9.91. The molecule has 12 nitrogen and oxygen atoms in total. The van der Waals surface area contributed by atoms with E-state index in [0.717, 1.165) is 49.2 Å². The highest BCUT2D eigenvalue weighted by Gasteiger charge is 2.37. The van der Waals surface area contributed by atoms with Gasteiger partial charge in [-0.15, -0.1) is 0 Å². The van der Waals surface area contributed by atoms with Crippen molar-refractivity contribution in [3.8, 4) is 22.8 Å². The standard InChI is InChI=1S/C51H56Cl2F2N6O6/c1-32-45(63)22-37(31-62)51(66)58(3)40(21-34-12-15-38(52)16-13-34)29-57(2)50(65)36(20-33-10-6-5-7-11-33)23-48(64)61(32)28-35-14-17-39(53)24-46(35)67-41-25-42(54)49(43(55)26-41)44-27-56-47(59(44)4)30-60-18-8-9-19-60/h5-7,10-17,24-27,32,36-37,40,62H,8-9,18-23,28-31H2,1-4H3/t32-,36+,37-,40+/m0/s1. The van der Waals surface area contributed by atoms with E-state index in [1.807, 2.05) is 42.5 Å². The molecular formula is C51H56Cl2F2N6O6. The van der Waals surface area contributed by atoms with Crippen molar-refractivity contribution in [1.82, 2.24) is 29.2 Å². The minimum absolute atomic E-state index is 0.0627. The van der Waals surface area contributed by atoms with E-state index < -0.39 is 59.8 Å². The van der Waals surface area contributed by atoms with Gasteiger partial charge in [0, 0.05) is 68.3 Å². The Morgan fingerprint density at radius 3 is 2.10 bits per heavy atom. The molecule has 2 aliphatic rings. The second kappa shape index (κ2) is 22.0. The summed E-state index contributed by atoms with van der Waals surface area (Å²) in [6.07, 6.45) is 3.51. The molecule has 0 aliphatic carbocycles. The minimum atomic E-state index is -1.16. The number of benzene rings is 4. The van der Waals surface area contributed by atoms with Gasteiger partial charge in [0.15, 0.2) is 5.78 Å². The Kier molecular flexibility index (Phi) is 16.1. The molecule has 2 aliphatic heterocycles. The predicted octanol–water partition coefficient (Wildman–Crippen LogP) is 8.14. The molecule has 16 heteroatoms. The smallest absolute Gasteiger partial charge is 0.228 e. The highest BCUT2D eigenvalue weighted by molar-refractivity contribution is 6.31. The number of rotatable bonds is 12. The number of aliphatic hydroxyl groups excluding tert-OH is 1. The maximum absolute atomic E-state index is 16.0. The van der Waals surface area contributed by atoms with E-state index in [0.29, 0.717) is 29.4 Å². The van der Waals surface area contributed by atoms with Crippen LogP contribution in [0.25, 0.3) is 11.3 Å². The molecule has 0 saturated carbocycles. The van der Waals surface area contributed by atoms with Crippen molar-refractivity contribution in [2.45, 2.75) is 70.6 Å². The number of amides is 3.